The van der Waals surface area contributed by atoms with E-state index in [0.29, 0.717) is 17.3 Å². The van der Waals surface area contributed by atoms with E-state index >= 15 is 0 Å². The Morgan fingerprint density at radius 3 is 3.22 bits per heavy atom. The number of urea groups is 1. The average molecular weight is 335 g/mol. The number of amides is 2. The van der Waals surface area contributed by atoms with Gasteiger partial charge in [-0.1, -0.05) is 17.7 Å². The summed E-state index contributed by atoms with van der Waals surface area (Å²) in [7, 11) is 1.59. The molecule has 6 nitrogen and oxygen atoms in total. The van der Waals surface area contributed by atoms with E-state index in [2.05, 4.69) is 20.8 Å². The third-order valence-corrected chi connectivity index (χ3v) is 4.36. The van der Waals surface area contributed by atoms with Gasteiger partial charge in [-0.3, -0.25) is 5.10 Å². The van der Waals surface area contributed by atoms with Gasteiger partial charge in [0, 0.05) is 35.1 Å². The number of ether oxygens (including phenoxy) is 1. The summed E-state index contributed by atoms with van der Waals surface area (Å²) < 4.78 is 5.14. The molecule has 1 atom stereocenters. The standard InChI is InChI=1S/C16H19ClN4O2/c1-23-9-12-13(17)3-2-4-15(12)20-16(22)19-11-5-6-14-10(7-11)8-18-21-14/h2-4,8,11H,5-7,9H2,1H3,(H,18,21)(H2,19,20,22)/t11-/m0/s1. The highest BCUT2D eigenvalue weighted by atomic mass is 35.5. The van der Waals surface area contributed by atoms with Gasteiger partial charge >= 0.3 is 6.03 Å². The van der Waals surface area contributed by atoms with Gasteiger partial charge in [-0.05, 0) is 37.0 Å². The first-order valence-electron chi connectivity index (χ1n) is 7.52. The monoisotopic (exact) mass is 334 g/mol. The molecule has 3 rings (SSSR count). The lowest BCUT2D eigenvalue weighted by atomic mass is 9.94. The molecule has 0 bridgehead atoms. The smallest absolute Gasteiger partial charge is 0.319 e. The Morgan fingerprint density at radius 1 is 1.52 bits per heavy atom. The van der Waals surface area contributed by atoms with E-state index < -0.39 is 0 Å². The molecule has 2 amide bonds. The number of anilines is 1. The first kappa shape index (κ1) is 15.8. The lowest BCUT2D eigenvalue weighted by Gasteiger charge is -2.23. The molecule has 0 fully saturated rings. The molecule has 1 aliphatic rings. The van der Waals surface area contributed by atoms with E-state index in [1.165, 1.54) is 11.3 Å². The summed E-state index contributed by atoms with van der Waals surface area (Å²) in [5.41, 5.74) is 3.77. The number of H-pyrrole nitrogens is 1. The molecule has 1 aromatic heterocycles. The fourth-order valence-electron chi connectivity index (χ4n) is 2.85. The maximum atomic E-state index is 12.3. The first-order valence-corrected chi connectivity index (χ1v) is 7.90. The van der Waals surface area contributed by atoms with Crippen molar-refractivity contribution in [3.63, 3.8) is 0 Å². The van der Waals surface area contributed by atoms with Gasteiger partial charge in [0.05, 0.1) is 12.8 Å². The molecule has 0 spiro atoms. The lowest BCUT2D eigenvalue weighted by molar-refractivity contribution is 0.185. The van der Waals surface area contributed by atoms with Crippen LogP contribution in [0.4, 0.5) is 10.5 Å². The van der Waals surface area contributed by atoms with Crippen molar-refractivity contribution in [2.24, 2.45) is 0 Å². The largest absolute Gasteiger partial charge is 0.380 e. The number of carbonyl (C=O) groups excluding carboxylic acids is 1. The third kappa shape index (κ3) is 3.65. The number of nitrogens with one attached hydrogen (secondary N) is 3. The molecule has 3 N–H and O–H groups in total. The van der Waals surface area contributed by atoms with Crippen LogP contribution < -0.4 is 10.6 Å². The average Bonchev–Trinajstić information content (AvgIpc) is 2.98. The van der Waals surface area contributed by atoms with Gasteiger partial charge in [0.25, 0.3) is 0 Å². The van der Waals surface area contributed by atoms with E-state index in [9.17, 15) is 4.79 Å². The Hall–Kier alpha value is -2.05. The minimum absolute atomic E-state index is 0.102. The van der Waals surface area contributed by atoms with Crippen molar-refractivity contribution >= 4 is 23.3 Å². The third-order valence-electron chi connectivity index (χ3n) is 4.01. The maximum Gasteiger partial charge on any atom is 0.319 e. The van der Waals surface area contributed by atoms with Crippen molar-refractivity contribution in [1.29, 1.82) is 0 Å². The van der Waals surface area contributed by atoms with Crippen molar-refractivity contribution in [3.8, 4) is 0 Å². The highest BCUT2D eigenvalue weighted by molar-refractivity contribution is 6.31. The summed E-state index contributed by atoms with van der Waals surface area (Å²) in [6.45, 7) is 0.344. The molecule has 23 heavy (non-hydrogen) atoms. The highest BCUT2D eigenvalue weighted by Crippen LogP contribution is 2.25. The van der Waals surface area contributed by atoms with Crippen LogP contribution in [0.3, 0.4) is 0 Å². The number of carbonyl (C=O) groups is 1. The van der Waals surface area contributed by atoms with Crippen LogP contribution in [-0.2, 0) is 24.2 Å². The van der Waals surface area contributed by atoms with Gasteiger partial charge in [0.2, 0.25) is 0 Å². The summed E-state index contributed by atoms with van der Waals surface area (Å²) in [6, 6.07) is 5.26. The van der Waals surface area contributed by atoms with Gasteiger partial charge < -0.3 is 15.4 Å². The topological polar surface area (TPSA) is 79.0 Å². The molecule has 0 unspecified atom stereocenters. The van der Waals surface area contributed by atoms with Crippen molar-refractivity contribution < 1.29 is 9.53 Å². The quantitative estimate of drug-likeness (QED) is 0.804. The summed E-state index contributed by atoms with van der Waals surface area (Å²) in [6.07, 6.45) is 4.41. The summed E-state index contributed by atoms with van der Waals surface area (Å²) in [5, 5.41) is 13.5. The Bertz CT molecular complexity index is 701. The number of aromatic nitrogens is 2. The van der Waals surface area contributed by atoms with Crippen molar-refractivity contribution in [2.45, 2.75) is 31.9 Å². The molecule has 0 saturated heterocycles. The van der Waals surface area contributed by atoms with Gasteiger partial charge in [-0.25, -0.2) is 4.79 Å². The van der Waals surface area contributed by atoms with E-state index in [4.69, 9.17) is 16.3 Å². The molecular weight excluding hydrogens is 316 g/mol. The lowest BCUT2D eigenvalue weighted by Crippen LogP contribution is -2.41. The number of rotatable bonds is 4. The Kier molecular flexibility index (Phi) is 4.83. The predicted molar refractivity (Wildman–Crippen MR) is 88.7 cm³/mol. The SMILES string of the molecule is COCc1c(Cl)cccc1NC(=O)N[C@H]1CCc2[nH]ncc2C1. The minimum atomic E-state index is -0.235. The number of nitrogens with zero attached hydrogens (tertiary/aromatic N) is 1. The normalized spacial score (nSPS) is 16.7. The summed E-state index contributed by atoms with van der Waals surface area (Å²) in [5.74, 6) is 0. The number of halogens is 1. The molecule has 0 aliphatic heterocycles. The predicted octanol–water partition coefficient (Wildman–Crippen LogP) is 2.89. The van der Waals surface area contributed by atoms with Crippen molar-refractivity contribution in [3.05, 3.63) is 46.2 Å². The molecule has 7 heteroatoms. The molecular formula is C16H19ClN4O2. The van der Waals surface area contributed by atoms with Crippen molar-refractivity contribution in [2.75, 3.05) is 12.4 Å². The van der Waals surface area contributed by atoms with Crippen LogP contribution in [0.25, 0.3) is 0 Å². The second-order valence-electron chi connectivity index (χ2n) is 5.61. The van der Waals surface area contributed by atoms with E-state index in [1.54, 1.807) is 19.2 Å². The van der Waals surface area contributed by atoms with Crippen LogP contribution >= 0.6 is 11.6 Å². The van der Waals surface area contributed by atoms with E-state index in [0.717, 1.165) is 24.8 Å². The molecule has 122 valence electrons. The van der Waals surface area contributed by atoms with Crippen molar-refractivity contribution in [1.82, 2.24) is 15.5 Å². The van der Waals surface area contributed by atoms with Gasteiger partial charge in [0.15, 0.2) is 0 Å². The zero-order chi connectivity index (χ0) is 16.2. The fraction of sp³-hybridized carbons (Fsp3) is 0.375. The fourth-order valence-corrected chi connectivity index (χ4v) is 3.08. The number of hydrogen-bond acceptors (Lipinski definition) is 3. The molecule has 2 aromatic rings. The first-order chi connectivity index (χ1) is 11.2. The number of benzene rings is 1. The van der Waals surface area contributed by atoms with E-state index in [1.807, 2.05) is 12.3 Å². The highest BCUT2D eigenvalue weighted by Gasteiger charge is 2.21. The van der Waals surface area contributed by atoms with Crippen LogP contribution in [-0.4, -0.2) is 29.4 Å². The molecule has 0 radical (unpaired) electrons. The van der Waals surface area contributed by atoms with Gasteiger partial charge in [-0.2, -0.15) is 5.10 Å². The summed E-state index contributed by atoms with van der Waals surface area (Å²) >= 11 is 6.17. The van der Waals surface area contributed by atoms with Crippen LogP contribution in [0.5, 0.6) is 0 Å². The second kappa shape index (κ2) is 7.02. The Morgan fingerprint density at radius 2 is 2.39 bits per heavy atom. The number of hydrogen-bond donors (Lipinski definition) is 3. The minimum Gasteiger partial charge on any atom is -0.380 e. The molecule has 1 heterocycles. The maximum absolute atomic E-state index is 12.3. The number of aryl methyl sites for hydroxylation is 1. The van der Waals surface area contributed by atoms with Crippen LogP contribution in [0, 0.1) is 0 Å². The molecule has 1 aliphatic carbocycles. The number of aromatic amines is 1. The number of fused-ring (bicyclic) bond motifs is 1. The zero-order valence-corrected chi connectivity index (χ0v) is 13.6. The zero-order valence-electron chi connectivity index (χ0n) is 12.9. The van der Waals surface area contributed by atoms with Crippen LogP contribution in [0.1, 0.15) is 23.2 Å². The second-order valence-corrected chi connectivity index (χ2v) is 6.02. The Labute approximate surface area is 139 Å². The Balaban J connectivity index is 1.63. The summed E-state index contributed by atoms with van der Waals surface area (Å²) in [4.78, 5) is 12.3. The van der Waals surface area contributed by atoms with Crippen LogP contribution in [0.2, 0.25) is 5.02 Å². The molecule has 0 saturated carbocycles. The van der Waals surface area contributed by atoms with Gasteiger partial charge in [0.1, 0.15) is 0 Å². The van der Waals surface area contributed by atoms with Gasteiger partial charge in [-0.15, -0.1) is 0 Å². The van der Waals surface area contributed by atoms with Crippen LogP contribution in [0.15, 0.2) is 24.4 Å². The van der Waals surface area contributed by atoms with E-state index in [-0.39, 0.29) is 12.1 Å². The molecule has 1 aromatic carbocycles. The number of methoxy groups -OCH3 is 1.